The molecule has 2 aliphatic rings. The summed E-state index contributed by atoms with van der Waals surface area (Å²) in [5, 5.41) is 12.2. The van der Waals surface area contributed by atoms with E-state index in [1.165, 1.54) is 0 Å². The number of aromatic nitrogens is 3. The molecule has 2 heterocycles. The first-order valence-corrected chi connectivity index (χ1v) is 15.0. The number of nitrogen functional groups attached to an aromatic ring is 1. The Balaban J connectivity index is 1.51. The molecule has 1 amide bonds. The third-order valence-electron chi connectivity index (χ3n) is 8.15. The van der Waals surface area contributed by atoms with Crippen LogP contribution in [0.2, 0.25) is 0 Å². The zero-order valence-electron chi connectivity index (χ0n) is 25.4. The fourth-order valence-corrected chi connectivity index (χ4v) is 5.67. The number of ether oxygens (including phenoxy) is 1. The van der Waals surface area contributed by atoms with Gasteiger partial charge in [0, 0.05) is 23.4 Å². The number of fused-ring (bicyclic) bond motifs is 1. The van der Waals surface area contributed by atoms with Crippen LogP contribution in [0.4, 0.5) is 10.5 Å². The van der Waals surface area contributed by atoms with Crippen LogP contribution in [0.1, 0.15) is 101 Å². The summed E-state index contributed by atoms with van der Waals surface area (Å²) >= 11 is 0. The number of carbonyl (C=O) groups excluding carboxylic acids is 1. The molecule has 2 aliphatic carbocycles. The van der Waals surface area contributed by atoms with Gasteiger partial charge in [-0.25, -0.2) is 4.79 Å². The van der Waals surface area contributed by atoms with Crippen LogP contribution < -0.4 is 11.1 Å². The lowest BCUT2D eigenvalue weighted by molar-refractivity contribution is 0.0377. The smallest absolute Gasteiger partial charge is 0.408 e. The monoisotopic (exact) mass is 565 g/mol. The Morgan fingerprint density at radius 3 is 2.48 bits per heavy atom. The minimum absolute atomic E-state index is 0.384. The van der Waals surface area contributed by atoms with Crippen LogP contribution in [0.5, 0.6) is 0 Å². The largest absolute Gasteiger partial charge is 0.444 e. The topological polar surface area (TPSA) is 94.5 Å². The summed E-state index contributed by atoms with van der Waals surface area (Å²) in [6.07, 6.45) is 14.5. The molecule has 0 atom stereocenters. The molecule has 2 fully saturated rings. The van der Waals surface area contributed by atoms with Gasteiger partial charge in [-0.15, -0.1) is 10.2 Å². The van der Waals surface area contributed by atoms with E-state index in [1.807, 2.05) is 39.1 Å². The van der Waals surface area contributed by atoms with Gasteiger partial charge in [0.15, 0.2) is 5.65 Å². The van der Waals surface area contributed by atoms with Gasteiger partial charge in [-0.3, -0.25) is 4.40 Å². The van der Waals surface area contributed by atoms with E-state index in [-0.39, 0.29) is 6.09 Å². The maximum atomic E-state index is 12.6. The number of alkyl carbamates (subject to hydrolysis) is 1. The summed E-state index contributed by atoms with van der Waals surface area (Å²) in [6.45, 7) is 16.3. The number of nitrogens with two attached hydrogens (primary N) is 1. The van der Waals surface area contributed by atoms with Gasteiger partial charge in [-0.1, -0.05) is 62.9 Å². The molecule has 0 saturated heterocycles. The highest BCUT2D eigenvalue weighted by Crippen LogP contribution is 2.43. The van der Waals surface area contributed by atoms with Crippen LogP contribution in [-0.4, -0.2) is 26.3 Å². The maximum absolute atomic E-state index is 12.6. The van der Waals surface area contributed by atoms with Crippen molar-refractivity contribution in [1.82, 2.24) is 19.9 Å². The Morgan fingerprint density at radius 2 is 1.90 bits per heavy atom. The molecule has 0 radical (unpaired) electrons. The summed E-state index contributed by atoms with van der Waals surface area (Å²) in [7, 11) is 0. The van der Waals surface area contributed by atoms with Crippen LogP contribution in [-0.2, 0) is 10.3 Å². The van der Waals surface area contributed by atoms with E-state index < -0.39 is 11.1 Å². The third-order valence-corrected chi connectivity index (χ3v) is 8.15. The van der Waals surface area contributed by atoms with Crippen LogP contribution in [0.15, 0.2) is 73.0 Å². The predicted molar refractivity (Wildman–Crippen MR) is 171 cm³/mol. The molecule has 0 bridgehead atoms. The van der Waals surface area contributed by atoms with E-state index in [2.05, 4.69) is 76.4 Å². The number of nitrogens with one attached hydrogen (secondary N) is 1. The Kier molecular flexibility index (Phi) is 8.13. The number of anilines is 1. The zero-order valence-corrected chi connectivity index (χ0v) is 25.4. The van der Waals surface area contributed by atoms with Crippen molar-refractivity contribution < 1.29 is 9.53 Å². The van der Waals surface area contributed by atoms with Crippen molar-refractivity contribution in [3.8, 4) is 0 Å². The van der Waals surface area contributed by atoms with E-state index in [4.69, 9.17) is 10.5 Å². The first-order chi connectivity index (χ1) is 20.0. The van der Waals surface area contributed by atoms with Gasteiger partial charge in [0.2, 0.25) is 0 Å². The Bertz CT molecular complexity index is 1560. The summed E-state index contributed by atoms with van der Waals surface area (Å²) in [6, 6.07) is 10.3. The molecule has 220 valence electrons. The van der Waals surface area contributed by atoms with Crippen molar-refractivity contribution in [1.29, 1.82) is 0 Å². The highest BCUT2D eigenvalue weighted by molar-refractivity contribution is 5.92. The molecule has 1 aromatic carbocycles. The molecule has 42 heavy (non-hydrogen) atoms. The highest BCUT2D eigenvalue weighted by atomic mass is 16.6. The molecule has 0 unspecified atom stereocenters. The number of carbonyl (C=O) groups is 1. The maximum Gasteiger partial charge on any atom is 0.408 e. The first kappa shape index (κ1) is 29.4. The number of allylic oxidation sites excluding steroid dienone is 5. The number of amides is 1. The van der Waals surface area contributed by atoms with Crippen molar-refractivity contribution in [2.75, 3.05) is 5.73 Å². The SMILES string of the molecule is C=C/C=C(CCC)/C(=C/c1c(N)ccn2c(C3CC3)nnc12)C(=C)c1ccc(C2(NC(=O)OC(C)(C)C)CCC2)cc1. The number of rotatable bonds is 10. The molecule has 7 nitrogen and oxygen atoms in total. The molecule has 0 aliphatic heterocycles. The summed E-state index contributed by atoms with van der Waals surface area (Å²) < 4.78 is 7.63. The van der Waals surface area contributed by atoms with Gasteiger partial charge in [-0.05, 0) is 99.3 Å². The highest BCUT2D eigenvalue weighted by Gasteiger charge is 2.41. The Morgan fingerprint density at radius 1 is 1.19 bits per heavy atom. The zero-order chi connectivity index (χ0) is 30.1. The number of benzene rings is 1. The molecule has 2 aromatic heterocycles. The minimum atomic E-state index is -0.547. The lowest BCUT2D eigenvalue weighted by atomic mass is 9.71. The van der Waals surface area contributed by atoms with Crippen LogP contribution >= 0.6 is 0 Å². The third kappa shape index (κ3) is 6.06. The molecule has 5 rings (SSSR count). The molecule has 3 aromatic rings. The van der Waals surface area contributed by atoms with Gasteiger partial charge in [0.05, 0.1) is 5.54 Å². The number of hydrogen-bond donors (Lipinski definition) is 2. The van der Waals surface area contributed by atoms with E-state index >= 15 is 0 Å². The van der Waals surface area contributed by atoms with Gasteiger partial charge >= 0.3 is 6.09 Å². The van der Waals surface area contributed by atoms with Crippen LogP contribution in [0, 0.1) is 0 Å². The normalized spacial score (nSPS) is 17.0. The van der Waals surface area contributed by atoms with E-state index in [1.54, 1.807) is 0 Å². The van der Waals surface area contributed by atoms with Gasteiger partial charge in [-0.2, -0.15) is 0 Å². The minimum Gasteiger partial charge on any atom is -0.444 e. The van der Waals surface area contributed by atoms with Crippen molar-refractivity contribution in [2.45, 2.75) is 89.7 Å². The Hall–Kier alpha value is -4.13. The van der Waals surface area contributed by atoms with E-state index in [0.29, 0.717) is 11.6 Å². The molecule has 3 N–H and O–H groups in total. The van der Waals surface area contributed by atoms with Crippen molar-refractivity contribution in [2.24, 2.45) is 0 Å². The van der Waals surface area contributed by atoms with E-state index in [9.17, 15) is 4.79 Å². The van der Waals surface area contributed by atoms with Gasteiger partial charge < -0.3 is 15.8 Å². The molecule has 2 saturated carbocycles. The van der Waals surface area contributed by atoms with Crippen LogP contribution in [0.3, 0.4) is 0 Å². The van der Waals surface area contributed by atoms with E-state index in [0.717, 1.165) is 89.8 Å². The fraction of sp³-hybridized carbons (Fsp3) is 0.400. The number of hydrogen-bond acceptors (Lipinski definition) is 5. The standard InChI is InChI=1S/C35H43N5O2/c1-7-10-25(11-8-2)28(22-29-30(36)18-21-40-31(26-12-13-26)38-39-32(29)40)23(3)24-14-16-27(17-15-24)35(19-9-20-35)37-33(41)42-34(4,5)6/h7,10,14-18,21-22,26H,1,3,8-9,11-13,19-20,36H2,2,4-6H3,(H,37,41)/b25-10+,28-22+. The average Bonchev–Trinajstić information content (AvgIpc) is 3.67. The van der Waals surface area contributed by atoms with Crippen LogP contribution in [0.25, 0.3) is 17.3 Å². The molecular weight excluding hydrogens is 522 g/mol. The molecule has 0 spiro atoms. The quantitative estimate of drug-likeness (QED) is 0.242. The van der Waals surface area contributed by atoms with Gasteiger partial charge in [0.25, 0.3) is 0 Å². The predicted octanol–water partition coefficient (Wildman–Crippen LogP) is 8.10. The number of pyridine rings is 1. The van der Waals surface area contributed by atoms with Crippen molar-refractivity contribution in [3.63, 3.8) is 0 Å². The second-order valence-corrected chi connectivity index (χ2v) is 12.6. The average molecular weight is 566 g/mol. The summed E-state index contributed by atoms with van der Waals surface area (Å²) in [4.78, 5) is 12.6. The number of nitrogens with zero attached hydrogens (tertiary/aromatic N) is 3. The molecular formula is C35H43N5O2. The summed E-state index contributed by atoms with van der Waals surface area (Å²) in [5.41, 5.74) is 12.9. The second-order valence-electron chi connectivity index (χ2n) is 12.6. The Labute approximate surface area is 249 Å². The second kappa shape index (κ2) is 11.6. The fourth-order valence-electron chi connectivity index (χ4n) is 5.67. The summed E-state index contributed by atoms with van der Waals surface area (Å²) in [5.74, 6) is 1.46. The van der Waals surface area contributed by atoms with Crippen molar-refractivity contribution in [3.05, 3.63) is 95.5 Å². The molecule has 7 heteroatoms. The lowest BCUT2D eigenvalue weighted by Gasteiger charge is -2.43. The lowest BCUT2D eigenvalue weighted by Crippen LogP contribution is -2.52. The van der Waals surface area contributed by atoms with Crippen molar-refractivity contribution >= 4 is 29.1 Å². The first-order valence-electron chi connectivity index (χ1n) is 15.0. The van der Waals surface area contributed by atoms with Gasteiger partial charge in [0.1, 0.15) is 11.4 Å².